The van der Waals surface area contributed by atoms with Crippen LogP contribution < -0.4 is 10.9 Å². The molecular formula is C22H19F3N6O3. The number of hydrogen-bond acceptors (Lipinski definition) is 5. The van der Waals surface area contributed by atoms with E-state index in [2.05, 4.69) is 20.9 Å². The average molecular weight is 472 g/mol. The summed E-state index contributed by atoms with van der Waals surface area (Å²) in [5.41, 5.74) is 3.90. The highest BCUT2D eigenvalue weighted by Crippen LogP contribution is 2.34. The van der Waals surface area contributed by atoms with Crippen molar-refractivity contribution in [2.45, 2.75) is 26.1 Å². The van der Waals surface area contributed by atoms with E-state index < -0.39 is 35.0 Å². The average Bonchev–Trinajstić information content (AvgIpc) is 3.37. The number of hydrogen-bond donors (Lipinski definition) is 3. The molecule has 2 aromatic heterocycles. The maximum Gasteiger partial charge on any atom is 0.418 e. The third-order valence-corrected chi connectivity index (χ3v) is 5.03. The molecule has 4 rings (SSSR count). The summed E-state index contributed by atoms with van der Waals surface area (Å²) in [6.45, 7) is 1.76. The number of para-hydroxylation sites is 3. The lowest BCUT2D eigenvalue weighted by molar-refractivity contribution is -0.137. The molecule has 2 amide bonds. The van der Waals surface area contributed by atoms with E-state index in [0.29, 0.717) is 12.2 Å². The topological polar surface area (TPSA) is 114 Å². The Morgan fingerprint density at radius 3 is 2.50 bits per heavy atom. The van der Waals surface area contributed by atoms with Crippen molar-refractivity contribution in [1.29, 1.82) is 0 Å². The Balaban J connectivity index is 1.48. The first-order valence-electron chi connectivity index (χ1n) is 10.2. The Morgan fingerprint density at radius 2 is 1.76 bits per heavy atom. The van der Waals surface area contributed by atoms with Crippen LogP contribution in [0.5, 0.6) is 5.75 Å². The maximum absolute atomic E-state index is 13.3. The van der Waals surface area contributed by atoms with Crippen molar-refractivity contribution in [1.82, 2.24) is 30.2 Å². The second-order valence-corrected chi connectivity index (χ2v) is 7.28. The second kappa shape index (κ2) is 8.89. The predicted molar refractivity (Wildman–Crippen MR) is 115 cm³/mol. The van der Waals surface area contributed by atoms with E-state index in [0.717, 1.165) is 34.0 Å². The molecule has 0 saturated carbocycles. The normalized spacial score (nSPS) is 11.5. The number of aryl methyl sites for hydroxylation is 1. The van der Waals surface area contributed by atoms with Gasteiger partial charge in [-0.2, -0.15) is 18.3 Å². The summed E-state index contributed by atoms with van der Waals surface area (Å²) in [4.78, 5) is 29.3. The number of amides is 2. The molecule has 2 aromatic carbocycles. The monoisotopic (exact) mass is 472 g/mol. The number of aromatic hydroxyl groups is 1. The number of fused-ring (bicyclic) bond motifs is 1. The highest BCUT2D eigenvalue weighted by molar-refractivity contribution is 5.96. The molecule has 176 valence electrons. The minimum atomic E-state index is -4.66. The van der Waals surface area contributed by atoms with Crippen LogP contribution in [0.1, 0.15) is 28.8 Å². The second-order valence-electron chi connectivity index (χ2n) is 7.28. The summed E-state index contributed by atoms with van der Waals surface area (Å²) >= 11 is 0. The number of nitrogens with zero attached hydrogens (tertiary/aromatic N) is 4. The molecule has 0 bridgehead atoms. The van der Waals surface area contributed by atoms with Crippen molar-refractivity contribution in [3.63, 3.8) is 0 Å². The molecule has 0 atom stereocenters. The van der Waals surface area contributed by atoms with Gasteiger partial charge in [0, 0.05) is 6.42 Å². The minimum Gasteiger partial charge on any atom is -0.504 e. The number of halogens is 3. The quantitative estimate of drug-likeness (QED) is 0.387. The number of imidazole rings is 1. The zero-order chi connectivity index (χ0) is 24.5. The fraction of sp³-hybridized carbons (Fsp3) is 0.182. The lowest BCUT2D eigenvalue weighted by atomic mass is 10.2. The zero-order valence-corrected chi connectivity index (χ0v) is 17.8. The Morgan fingerprint density at radius 1 is 1.06 bits per heavy atom. The number of carbonyl (C=O) groups excluding carboxylic acids is 2. The van der Waals surface area contributed by atoms with Crippen LogP contribution in [0.15, 0.2) is 54.7 Å². The van der Waals surface area contributed by atoms with Gasteiger partial charge < -0.3 is 9.67 Å². The van der Waals surface area contributed by atoms with Crippen LogP contribution >= 0.6 is 0 Å². The van der Waals surface area contributed by atoms with E-state index in [9.17, 15) is 27.9 Å². The molecule has 0 spiro atoms. The Labute approximate surface area is 190 Å². The molecule has 0 saturated heterocycles. The van der Waals surface area contributed by atoms with Crippen molar-refractivity contribution in [2.24, 2.45) is 0 Å². The van der Waals surface area contributed by atoms with Gasteiger partial charge in [0.2, 0.25) is 0 Å². The van der Waals surface area contributed by atoms with Gasteiger partial charge in [-0.05, 0) is 24.3 Å². The van der Waals surface area contributed by atoms with Crippen LogP contribution in [0.2, 0.25) is 0 Å². The summed E-state index contributed by atoms with van der Waals surface area (Å²) in [6, 6.07) is 11.9. The number of nitrogens with one attached hydrogen (secondary N) is 2. The number of carbonyl (C=O) groups is 2. The standard InChI is InChI=1S/C22H19F3N6O3/c1-2-18-26-14-8-4-6-10-16(14)30(18)12-19(33)27-28-21(34)20-17(32)11-31(29-20)15-9-5-3-7-13(15)22(23,24)25/h3-11,32H,2,12H2,1H3,(H,27,33)(H,28,34). The molecule has 4 aromatic rings. The van der Waals surface area contributed by atoms with Crippen LogP contribution in [0.3, 0.4) is 0 Å². The molecule has 34 heavy (non-hydrogen) atoms. The molecule has 0 aliphatic carbocycles. The third-order valence-electron chi connectivity index (χ3n) is 5.03. The van der Waals surface area contributed by atoms with E-state index >= 15 is 0 Å². The number of alkyl halides is 3. The summed E-state index contributed by atoms with van der Waals surface area (Å²) in [5, 5.41) is 13.8. The highest BCUT2D eigenvalue weighted by atomic mass is 19.4. The maximum atomic E-state index is 13.3. The van der Waals surface area contributed by atoms with Crippen LogP contribution in [-0.4, -0.2) is 36.3 Å². The van der Waals surface area contributed by atoms with Gasteiger partial charge in [-0.3, -0.25) is 20.4 Å². The Kier molecular flexibility index (Phi) is 5.97. The van der Waals surface area contributed by atoms with E-state index in [1.807, 2.05) is 31.2 Å². The minimum absolute atomic E-state index is 0.136. The Hall–Kier alpha value is -4.35. The molecule has 3 N–H and O–H groups in total. The lowest BCUT2D eigenvalue weighted by Gasteiger charge is -2.12. The van der Waals surface area contributed by atoms with Crippen LogP contribution in [-0.2, 0) is 23.9 Å². The van der Waals surface area contributed by atoms with Crippen molar-refractivity contribution in [3.05, 3.63) is 71.8 Å². The van der Waals surface area contributed by atoms with Gasteiger partial charge in [-0.25, -0.2) is 9.67 Å². The molecule has 9 nitrogen and oxygen atoms in total. The first-order chi connectivity index (χ1) is 16.2. The first-order valence-corrected chi connectivity index (χ1v) is 10.2. The molecule has 0 aliphatic heterocycles. The smallest absolute Gasteiger partial charge is 0.418 e. The van der Waals surface area contributed by atoms with Crippen LogP contribution in [0.25, 0.3) is 16.7 Å². The van der Waals surface area contributed by atoms with Gasteiger partial charge in [0.15, 0.2) is 11.4 Å². The molecule has 12 heteroatoms. The molecule has 0 fully saturated rings. The molecule has 0 aliphatic rings. The zero-order valence-electron chi connectivity index (χ0n) is 17.8. The van der Waals surface area contributed by atoms with Gasteiger partial charge in [0.05, 0.1) is 28.5 Å². The summed E-state index contributed by atoms with van der Waals surface area (Å²) in [5.74, 6) is -1.55. The first kappa shape index (κ1) is 22.8. The van der Waals surface area contributed by atoms with E-state index in [4.69, 9.17) is 0 Å². The molecular weight excluding hydrogens is 453 g/mol. The van der Waals surface area contributed by atoms with Gasteiger partial charge in [-0.15, -0.1) is 0 Å². The van der Waals surface area contributed by atoms with Gasteiger partial charge >= 0.3 is 6.18 Å². The van der Waals surface area contributed by atoms with Gasteiger partial charge in [-0.1, -0.05) is 31.2 Å². The number of aromatic nitrogens is 4. The Bertz CT molecular complexity index is 1380. The van der Waals surface area contributed by atoms with Crippen LogP contribution in [0.4, 0.5) is 13.2 Å². The van der Waals surface area contributed by atoms with Crippen molar-refractivity contribution >= 4 is 22.8 Å². The summed E-state index contributed by atoms with van der Waals surface area (Å²) in [7, 11) is 0. The van der Waals surface area contributed by atoms with E-state index in [1.165, 1.54) is 12.1 Å². The van der Waals surface area contributed by atoms with Gasteiger partial charge in [0.1, 0.15) is 12.4 Å². The predicted octanol–water partition coefficient (Wildman–Crippen LogP) is 2.97. The highest BCUT2D eigenvalue weighted by Gasteiger charge is 2.34. The lowest BCUT2D eigenvalue weighted by Crippen LogP contribution is -2.43. The summed E-state index contributed by atoms with van der Waals surface area (Å²) in [6.07, 6.45) is -3.20. The van der Waals surface area contributed by atoms with Crippen molar-refractivity contribution in [2.75, 3.05) is 0 Å². The number of hydrazine groups is 1. The molecule has 0 unspecified atom stereocenters. The van der Waals surface area contributed by atoms with Crippen LogP contribution in [0, 0.1) is 0 Å². The fourth-order valence-corrected chi connectivity index (χ4v) is 3.50. The molecule has 0 radical (unpaired) electrons. The van der Waals surface area contributed by atoms with Gasteiger partial charge in [0.25, 0.3) is 11.8 Å². The van der Waals surface area contributed by atoms with Crippen molar-refractivity contribution < 1.29 is 27.9 Å². The largest absolute Gasteiger partial charge is 0.504 e. The fourth-order valence-electron chi connectivity index (χ4n) is 3.50. The summed E-state index contributed by atoms with van der Waals surface area (Å²) < 4.78 is 42.3. The van der Waals surface area contributed by atoms with Crippen molar-refractivity contribution in [3.8, 4) is 11.4 Å². The van der Waals surface area contributed by atoms with E-state index in [1.54, 1.807) is 4.57 Å². The SMILES string of the molecule is CCc1nc2ccccc2n1CC(=O)NNC(=O)c1nn(-c2ccccc2C(F)(F)F)cc1O. The number of rotatable bonds is 5. The number of benzene rings is 2. The van der Waals surface area contributed by atoms with E-state index in [-0.39, 0.29) is 12.2 Å². The third kappa shape index (κ3) is 4.42. The molecule has 2 heterocycles.